The summed E-state index contributed by atoms with van der Waals surface area (Å²) in [5.41, 5.74) is 2.61. The van der Waals surface area contributed by atoms with E-state index in [-0.39, 0.29) is 0 Å². The van der Waals surface area contributed by atoms with E-state index >= 15 is 0 Å². The average Bonchev–Trinajstić information content (AvgIpc) is 2.59. The van der Waals surface area contributed by atoms with Gasteiger partial charge in [0, 0.05) is 10.7 Å². The van der Waals surface area contributed by atoms with Gasteiger partial charge in [-0.25, -0.2) is 9.13 Å². The predicted molar refractivity (Wildman–Crippen MR) is 69.7 cm³/mol. The number of alkyl halides is 2. The molecule has 1 aromatic carbocycles. The number of imidazole rings is 1. The predicted octanol–water partition coefficient (Wildman–Crippen LogP) is 2.72. The number of hydrogen-bond acceptors (Lipinski definition) is 0. The van der Waals surface area contributed by atoms with Crippen LogP contribution in [0, 0.1) is 0 Å². The molecule has 2 aromatic rings. The quantitative estimate of drug-likeness (QED) is 0.601. The first-order valence-corrected chi connectivity index (χ1v) is 7.20. The van der Waals surface area contributed by atoms with Gasteiger partial charge in [0.15, 0.2) is 11.0 Å². The summed E-state index contributed by atoms with van der Waals surface area (Å²) in [4.78, 5) is 0. The highest BCUT2D eigenvalue weighted by Crippen LogP contribution is 2.10. The van der Waals surface area contributed by atoms with Gasteiger partial charge >= 0.3 is 0 Å². The molecule has 2 rings (SSSR count). The SMILES string of the molecule is BrCCn1c[n+](CCBr)c2ccccc21. The first-order chi connectivity index (χ1) is 7.36. The van der Waals surface area contributed by atoms with Gasteiger partial charge in [-0.15, -0.1) is 0 Å². The second kappa shape index (κ2) is 5.12. The highest BCUT2D eigenvalue weighted by Gasteiger charge is 2.13. The molecule has 0 aliphatic heterocycles. The van der Waals surface area contributed by atoms with Crippen molar-refractivity contribution in [3.05, 3.63) is 30.6 Å². The number of nitrogens with zero attached hydrogens (tertiary/aromatic N) is 2. The zero-order chi connectivity index (χ0) is 10.7. The minimum Gasteiger partial charge on any atom is -0.229 e. The Bertz CT molecular complexity index is 411. The van der Waals surface area contributed by atoms with Crippen LogP contribution in [-0.2, 0) is 13.1 Å². The van der Waals surface area contributed by atoms with E-state index in [9.17, 15) is 0 Å². The summed E-state index contributed by atoms with van der Waals surface area (Å²) in [6, 6.07) is 8.52. The molecule has 1 aromatic heterocycles. The summed E-state index contributed by atoms with van der Waals surface area (Å²) in [6.45, 7) is 2.02. The Morgan fingerprint density at radius 3 is 2.67 bits per heavy atom. The third kappa shape index (κ3) is 2.26. The summed E-state index contributed by atoms with van der Waals surface area (Å²) in [6.07, 6.45) is 2.19. The maximum absolute atomic E-state index is 3.48. The molecule has 80 valence electrons. The lowest BCUT2D eigenvalue weighted by atomic mass is 10.3. The third-order valence-electron chi connectivity index (χ3n) is 2.43. The van der Waals surface area contributed by atoms with Crippen molar-refractivity contribution in [2.24, 2.45) is 0 Å². The lowest BCUT2D eigenvalue weighted by Gasteiger charge is -1.91. The number of halogens is 2. The fourth-order valence-electron chi connectivity index (χ4n) is 1.78. The number of rotatable bonds is 4. The maximum Gasteiger partial charge on any atom is 0.244 e. The van der Waals surface area contributed by atoms with Crippen LogP contribution in [0.5, 0.6) is 0 Å². The largest absolute Gasteiger partial charge is 0.244 e. The summed E-state index contributed by atoms with van der Waals surface area (Å²) in [7, 11) is 0. The van der Waals surface area contributed by atoms with E-state index in [1.54, 1.807) is 0 Å². The van der Waals surface area contributed by atoms with E-state index < -0.39 is 0 Å². The van der Waals surface area contributed by atoms with Gasteiger partial charge in [-0.1, -0.05) is 44.0 Å². The minimum atomic E-state index is 0.986. The third-order valence-corrected chi connectivity index (χ3v) is 3.14. The van der Waals surface area contributed by atoms with Crippen molar-refractivity contribution in [1.82, 2.24) is 4.57 Å². The molecule has 0 radical (unpaired) electrons. The molecule has 0 unspecified atom stereocenters. The van der Waals surface area contributed by atoms with Gasteiger partial charge in [0.05, 0.1) is 0 Å². The Hall–Kier alpha value is -0.350. The molecule has 0 fully saturated rings. The number of hydrogen-bond donors (Lipinski definition) is 0. The molecule has 0 N–H and O–H groups in total. The number of aromatic nitrogens is 2. The molecule has 0 saturated carbocycles. The Morgan fingerprint density at radius 1 is 1.13 bits per heavy atom. The number of aryl methyl sites for hydroxylation is 2. The number of fused-ring (bicyclic) bond motifs is 1. The van der Waals surface area contributed by atoms with E-state index in [1.165, 1.54) is 11.0 Å². The van der Waals surface area contributed by atoms with Gasteiger partial charge in [0.25, 0.3) is 0 Å². The first kappa shape index (κ1) is 11.1. The van der Waals surface area contributed by atoms with E-state index in [1.807, 2.05) is 0 Å². The number of para-hydroxylation sites is 2. The molecule has 0 aliphatic carbocycles. The molecule has 0 aliphatic rings. The molecule has 0 amide bonds. The summed E-state index contributed by atoms with van der Waals surface area (Å²) in [5.74, 6) is 0. The van der Waals surface area contributed by atoms with Gasteiger partial charge in [-0.3, -0.25) is 0 Å². The zero-order valence-electron chi connectivity index (χ0n) is 8.37. The summed E-state index contributed by atoms with van der Waals surface area (Å²) < 4.78 is 4.57. The van der Waals surface area contributed by atoms with Crippen molar-refractivity contribution in [3.8, 4) is 0 Å². The minimum absolute atomic E-state index is 0.986. The standard InChI is InChI=1S/C11H13Br2N2/c12-5-7-14-9-15(8-6-13)11-4-2-1-3-10(11)14/h1-4,9H,5-8H2/q+1. The van der Waals surface area contributed by atoms with E-state index in [4.69, 9.17) is 0 Å². The molecule has 0 atom stereocenters. The van der Waals surface area contributed by atoms with Crippen molar-refractivity contribution in [2.45, 2.75) is 13.1 Å². The van der Waals surface area contributed by atoms with Crippen LogP contribution >= 0.6 is 31.9 Å². The topological polar surface area (TPSA) is 8.81 Å². The van der Waals surface area contributed by atoms with Crippen LogP contribution in [0.25, 0.3) is 11.0 Å². The molecule has 1 heterocycles. The Balaban J connectivity index is 2.52. The van der Waals surface area contributed by atoms with Crippen LogP contribution < -0.4 is 4.57 Å². The van der Waals surface area contributed by atoms with Crippen LogP contribution in [0.15, 0.2) is 30.6 Å². The second-order valence-electron chi connectivity index (χ2n) is 3.37. The first-order valence-electron chi connectivity index (χ1n) is 4.96. The Kier molecular flexibility index (Phi) is 3.81. The summed E-state index contributed by atoms with van der Waals surface area (Å²) >= 11 is 6.96. The summed E-state index contributed by atoms with van der Waals surface area (Å²) in [5, 5.41) is 1.97. The smallest absolute Gasteiger partial charge is 0.229 e. The maximum atomic E-state index is 3.48. The molecule has 2 nitrogen and oxygen atoms in total. The van der Waals surface area contributed by atoms with E-state index in [0.717, 1.165) is 23.7 Å². The van der Waals surface area contributed by atoms with Gasteiger partial charge in [-0.05, 0) is 12.1 Å². The zero-order valence-corrected chi connectivity index (χ0v) is 11.5. The molecular formula is C11H13Br2N2+. The lowest BCUT2D eigenvalue weighted by Crippen LogP contribution is -2.33. The molecule has 0 saturated heterocycles. The fraction of sp³-hybridized carbons (Fsp3) is 0.364. The van der Waals surface area contributed by atoms with Gasteiger partial charge in [0.2, 0.25) is 6.33 Å². The van der Waals surface area contributed by atoms with Crippen molar-refractivity contribution >= 4 is 42.9 Å². The van der Waals surface area contributed by atoms with E-state index in [2.05, 4.69) is 71.6 Å². The highest BCUT2D eigenvalue weighted by molar-refractivity contribution is 9.09. The Morgan fingerprint density at radius 2 is 1.93 bits per heavy atom. The van der Waals surface area contributed by atoms with Crippen molar-refractivity contribution < 1.29 is 4.57 Å². The van der Waals surface area contributed by atoms with Crippen LogP contribution in [0.2, 0.25) is 0 Å². The van der Waals surface area contributed by atoms with E-state index in [0.29, 0.717) is 0 Å². The van der Waals surface area contributed by atoms with Gasteiger partial charge in [-0.2, -0.15) is 0 Å². The number of benzene rings is 1. The normalized spacial score (nSPS) is 11.1. The average molecular weight is 333 g/mol. The monoisotopic (exact) mass is 331 g/mol. The van der Waals surface area contributed by atoms with Crippen molar-refractivity contribution in [2.75, 3.05) is 10.7 Å². The second-order valence-corrected chi connectivity index (χ2v) is 4.95. The molecule has 0 bridgehead atoms. The van der Waals surface area contributed by atoms with Crippen molar-refractivity contribution in [3.63, 3.8) is 0 Å². The molecule has 15 heavy (non-hydrogen) atoms. The van der Waals surface area contributed by atoms with Gasteiger partial charge < -0.3 is 0 Å². The van der Waals surface area contributed by atoms with Crippen LogP contribution in [0.1, 0.15) is 0 Å². The highest BCUT2D eigenvalue weighted by atomic mass is 79.9. The van der Waals surface area contributed by atoms with Crippen LogP contribution in [0.3, 0.4) is 0 Å². The van der Waals surface area contributed by atoms with Crippen LogP contribution in [-0.4, -0.2) is 15.2 Å². The van der Waals surface area contributed by atoms with Crippen LogP contribution in [0.4, 0.5) is 0 Å². The fourth-order valence-corrected chi connectivity index (χ4v) is 2.55. The molecule has 4 heteroatoms. The molecular weight excluding hydrogens is 320 g/mol. The van der Waals surface area contributed by atoms with Crippen molar-refractivity contribution in [1.29, 1.82) is 0 Å². The molecule has 0 spiro atoms. The van der Waals surface area contributed by atoms with Gasteiger partial charge in [0.1, 0.15) is 13.1 Å². The lowest BCUT2D eigenvalue weighted by molar-refractivity contribution is -0.667. The Labute approximate surface area is 106 Å².